The first kappa shape index (κ1) is 18.0. The van der Waals surface area contributed by atoms with E-state index < -0.39 is 0 Å². The molecular weight excluding hydrogens is 340 g/mol. The molecule has 4 rings (SSSR count). The minimum atomic E-state index is -0.201. The number of hydrogen-bond donors (Lipinski definition) is 1. The van der Waals surface area contributed by atoms with Crippen LogP contribution >= 0.6 is 0 Å². The summed E-state index contributed by atoms with van der Waals surface area (Å²) in [5.41, 5.74) is 4.85. The van der Waals surface area contributed by atoms with E-state index in [-0.39, 0.29) is 17.7 Å². The quantitative estimate of drug-likeness (QED) is 0.895. The van der Waals surface area contributed by atoms with E-state index in [1.165, 1.54) is 22.2 Å². The summed E-state index contributed by atoms with van der Waals surface area (Å²) in [4.78, 5) is 34.7. The Labute approximate surface area is 160 Å². The smallest absolute Gasteiger partial charge is 0.228 e. The average Bonchev–Trinajstić information content (AvgIpc) is 3.19. The summed E-state index contributed by atoms with van der Waals surface area (Å²) in [6, 6.07) is 6.42. The Morgan fingerprint density at radius 2 is 2.15 bits per heavy atom. The summed E-state index contributed by atoms with van der Waals surface area (Å²) in [7, 11) is 3.99. The predicted octanol–water partition coefficient (Wildman–Crippen LogP) is 1.77. The first-order valence-electron chi connectivity index (χ1n) is 9.73. The van der Waals surface area contributed by atoms with Gasteiger partial charge in [0.2, 0.25) is 11.8 Å². The molecule has 6 heteroatoms. The number of nitrogens with one attached hydrogen (secondary N) is 1. The van der Waals surface area contributed by atoms with Crippen LogP contribution in [-0.4, -0.2) is 71.8 Å². The number of aromatic nitrogens is 1. The van der Waals surface area contributed by atoms with E-state index in [2.05, 4.69) is 35.0 Å². The molecule has 2 amide bonds. The van der Waals surface area contributed by atoms with E-state index in [1.807, 2.05) is 23.9 Å². The van der Waals surface area contributed by atoms with Crippen LogP contribution in [0.2, 0.25) is 0 Å². The lowest BCUT2D eigenvalue weighted by molar-refractivity contribution is -0.136. The van der Waals surface area contributed by atoms with E-state index in [9.17, 15) is 9.59 Å². The molecule has 0 saturated carbocycles. The second kappa shape index (κ2) is 7.00. The Hall–Kier alpha value is -2.34. The third-order valence-electron chi connectivity index (χ3n) is 5.82. The van der Waals surface area contributed by atoms with Crippen LogP contribution in [0.4, 0.5) is 0 Å². The summed E-state index contributed by atoms with van der Waals surface area (Å²) < 4.78 is 0. The van der Waals surface area contributed by atoms with Crippen molar-refractivity contribution < 1.29 is 9.59 Å². The van der Waals surface area contributed by atoms with Gasteiger partial charge in [0.15, 0.2) is 0 Å². The second-order valence-corrected chi connectivity index (χ2v) is 8.19. The van der Waals surface area contributed by atoms with Crippen molar-refractivity contribution in [2.75, 3.05) is 40.3 Å². The third kappa shape index (κ3) is 3.46. The van der Waals surface area contributed by atoms with Crippen molar-refractivity contribution in [1.29, 1.82) is 0 Å². The highest BCUT2D eigenvalue weighted by Crippen LogP contribution is 2.30. The molecule has 0 unspecified atom stereocenters. The zero-order valence-electron chi connectivity index (χ0n) is 16.4. The maximum atomic E-state index is 13.1. The number of H-pyrrole nitrogens is 1. The fourth-order valence-corrected chi connectivity index (χ4v) is 4.25. The minimum Gasteiger partial charge on any atom is -0.358 e. The highest BCUT2D eigenvalue weighted by molar-refractivity contribution is 5.90. The zero-order valence-corrected chi connectivity index (χ0v) is 16.4. The molecule has 2 aromatic rings. The summed E-state index contributed by atoms with van der Waals surface area (Å²) >= 11 is 0. The van der Waals surface area contributed by atoms with Crippen molar-refractivity contribution in [3.05, 3.63) is 35.0 Å². The van der Waals surface area contributed by atoms with Crippen LogP contribution in [0.1, 0.15) is 23.2 Å². The number of likely N-dealkylation sites (tertiary alicyclic amines) is 1. The Morgan fingerprint density at radius 1 is 1.33 bits per heavy atom. The first-order valence-corrected chi connectivity index (χ1v) is 9.73. The lowest BCUT2D eigenvalue weighted by Gasteiger charge is -2.29. The number of benzene rings is 1. The van der Waals surface area contributed by atoms with Gasteiger partial charge in [0.05, 0.1) is 5.92 Å². The number of rotatable bonds is 4. The lowest BCUT2D eigenvalue weighted by Crippen LogP contribution is -2.41. The van der Waals surface area contributed by atoms with Crippen LogP contribution in [0.3, 0.4) is 0 Å². The van der Waals surface area contributed by atoms with Gasteiger partial charge in [0.1, 0.15) is 0 Å². The van der Waals surface area contributed by atoms with Gasteiger partial charge in [-0.25, -0.2) is 0 Å². The molecule has 0 aliphatic carbocycles. The van der Waals surface area contributed by atoms with Crippen molar-refractivity contribution in [3.8, 4) is 0 Å². The molecule has 1 saturated heterocycles. The van der Waals surface area contributed by atoms with Crippen molar-refractivity contribution in [2.45, 2.75) is 26.3 Å². The van der Waals surface area contributed by atoms with Gasteiger partial charge < -0.3 is 19.7 Å². The van der Waals surface area contributed by atoms with E-state index in [0.717, 1.165) is 25.0 Å². The van der Waals surface area contributed by atoms with E-state index in [0.29, 0.717) is 26.1 Å². The van der Waals surface area contributed by atoms with Crippen molar-refractivity contribution in [1.82, 2.24) is 19.7 Å². The normalized spacial score (nSPS) is 20.0. The molecule has 27 heavy (non-hydrogen) atoms. The predicted molar refractivity (Wildman–Crippen MR) is 105 cm³/mol. The van der Waals surface area contributed by atoms with Crippen LogP contribution in [0.5, 0.6) is 0 Å². The molecule has 0 radical (unpaired) electrons. The molecule has 1 atom stereocenters. The second-order valence-electron chi connectivity index (χ2n) is 8.19. The minimum absolute atomic E-state index is 0.107. The highest BCUT2D eigenvalue weighted by atomic mass is 16.2. The van der Waals surface area contributed by atoms with E-state index >= 15 is 0 Å². The van der Waals surface area contributed by atoms with Crippen LogP contribution in [0, 0.1) is 12.8 Å². The van der Waals surface area contributed by atoms with Gasteiger partial charge in [-0.2, -0.15) is 0 Å². The number of fused-ring (bicyclic) bond motifs is 3. The summed E-state index contributed by atoms with van der Waals surface area (Å²) in [5, 5.41) is 1.22. The van der Waals surface area contributed by atoms with Crippen molar-refractivity contribution in [3.63, 3.8) is 0 Å². The number of hydrogen-bond acceptors (Lipinski definition) is 3. The number of carbonyl (C=O) groups excluding carboxylic acids is 2. The highest BCUT2D eigenvalue weighted by Gasteiger charge is 2.37. The number of aryl methyl sites for hydroxylation is 1. The molecule has 1 N–H and O–H groups in total. The largest absolute Gasteiger partial charge is 0.358 e. The summed E-state index contributed by atoms with van der Waals surface area (Å²) in [5.74, 6) is 0.0344. The van der Waals surface area contributed by atoms with Gasteiger partial charge >= 0.3 is 0 Å². The van der Waals surface area contributed by atoms with Crippen LogP contribution in [0.25, 0.3) is 10.9 Å². The molecule has 3 heterocycles. The fourth-order valence-electron chi connectivity index (χ4n) is 4.25. The molecule has 1 aromatic carbocycles. The summed E-state index contributed by atoms with van der Waals surface area (Å²) in [6.07, 6.45) is 1.20. The maximum absolute atomic E-state index is 13.1. The first-order chi connectivity index (χ1) is 12.9. The Kier molecular flexibility index (Phi) is 4.68. The van der Waals surface area contributed by atoms with E-state index in [4.69, 9.17) is 0 Å². The van der Waals surface area contributed by atoms with Crippen LogP contribution in [0.15, 0.2) is 18.2 Å². The monoisotopic (exact) mass is 368 g/mol. The molecule has 144 valence electrons. The Morgan fingerprint density at radius 3 is 2.93 bits per heavy atom. The molecule has 2 aliphatic heterocycles. The van der Waals surface area contributed by atoms with Gasteiger partial charge in [-0.15, -0.1) is 0 Å². The van der Waals surface area contributed by atoms with Crippen LogP contribution in [-0.2, 0) is 22.6 Å². The van der Waals surface area contributed by atoms with Gasteiger partial charge in [-0.1, -0.05) is 11.6 Å². The topological polar surface area (TPSA) is 59.7 Å². The lowest BCUT2D eigenvalue weighted by atomic mass is 10.0. The van der Waals surface area contributed by atoms with Gasteiger partial charge in [-0.3, -0.25) is 9.59 Å². The number of nitrogens with zero attached hydrogens (tertiary/aromatic N) is 3. The van der Waals surface area contributed by atoms with E-state index in [1.54, 1.807) is 0 Å². The standard InChI is InChI=1S/C21H28N4O2/c1-14-4-5-18-16(10-14)17-13-25(7-6-19(17)22-18)21(27)15-11-20(26)24(12-15)9-8-23(2)3/h4-5,10,15,22H,6-9,11-13H2,1-3H3/t15-/m1/s1. The zero-order chi connectivity index (χ0) is 19.1. The van der Waals surface area contributed by atoms with Crippen LogP contribution < -0.4 is 0 Å². The number of likely N-dealkylation sites (N-methyl/N-ethyl adjacent to an activating group) is 1. The van der Waals surface area contributed by atoms with Crippen molar-refractivity contribution in [2.24, 2.45) is 5.92 Å². The molecule has 0 spiro atoms. The maximum Gasteiger partial charge on any atom is 0.228 e. The van der Waals surface area contributed by atoms with Crippen molar-refractivity contribution >= 4 is 22.7 Å². The van der Waals surface area contributed by atoms with Gasteiger partial charge in [0.25, 0.3) is 0 Å². The van der Waals surface area contributed by atoms with Gasteiger partial charge in [-0.05, 0) is 33.2 Å². The molecule has 1 fully saturated rings. The molecule has 2 aliphatic rings. The molecule has 1 aromatic heterocycles. The number of aromatic amines is 1. The molecular formula is C21H28N4O2. The van der Waals surface area contributed by atoms with Gasteiger partial charge in [0, 0.05) is 67.7 Å². The third-order valence-corrected chi connectivity index (χ3v) is 5.82. The molecule has 6 nitrogen and oxygen atoms in total. The SMILES string of the molecule is Cc1ccc2[nH]c3c(c2c1)CN(C(=O)[C@@H]1CC(=O)N(CCN(C)C)C1)CC3. The average molecular weight is 368 g/mol. The fraction of sp³-hybridized carbons (Fsp3) is 0.524. The number of amides is 2. The summed E-state index contributed by atoms with van der Waals surface area (Å²) in [6.45, 7) is 5.54. The Bertz CT molecular complexity index is 886. The number of carbonyl (C=O) groups is 2. The Balaban J connectivity index is 1.47. The molecule has 0 bridgehead atoms.